The van der Waals surface area contributed by atoms with Gasteiger partial charge in [0.25, 0.3) is 0 Å². The summed E-state index contributed by atoms with van der Waals surface area (Å²) < 4.78 is 15.3. The summed E-state index contributed by atoms with van der Waals surface area (Å²) >= 11 is 0. The van der Waals surface area contributed by atoms with Crippen molar-refractivity contribution in [2.45, 2.75) is 31.6 Å². The molecule has 0 aliphatic heterocycles. The zero-order chi connectivity index (χ0) is 24.1. The average molecular weight is 486 g/mol. The molecule has 0 amide bonds. The lowest BCUT2D eigenvalue weighted by Gasteiger charge is -2.35. The molecule has 0 aliphatic rings. The molecule has 4 aromatic rings. The summed E-state index contributed by atoms with van der Waals surface area (Å²) in [6.07, 6.45) is 0. The fraction of sp³-hybridized carbons (Fsp3) is 0.200. The molecule has 0 radical (unpaired) electrons. The van der Waals surface area contributed by atoms with Crippen molar-refractivity contribution in [3.63, 3.8) is 0 Å². The summed E-state index contributed by atoms with van der Waals surface area (Å²) in [6.45, 7) is 6.11. The second-order valence-electron chi connectivity index (χ2n) is 9.29. The lowest BCUT2D eigenvalue weighted by molar-refractivity contribution is 0.441. The number of benzene rings is 4. The zero-order valence-electron chi connectivity index (χ0n) is 20.3. The number of hydrogen-bond acceptors (Lipinski definition) is 1. The molecule has 2 nitrogen and oxygen atoms in total. The average Bonchev–Trinajstić information content (AvgIpc) is 2.86. The van der Waals surface area contributed by atoms with E-state index in [1.54, 1.807) is 0 Å². The van der Waals surface area contributed by atoms with Crippen LogP contribution < -0.4 is 15.9 Å². The van der Waals surface area contributed by atoms with Gasteiger partial charge in [0.2, 0.25) is 0 Å². The molecule has 0 bridgehead atoms. The number of nitrogens with zero attached hydrogens (tertiary/aromatic N) is 1. The molecule has 1 unspecified atom stereocenters. The van der Waals surface area contributed by atoms with Crippen LogP contribution in [0.25, 0.3) is 0 Å². The van der Waals surface area contributed by atoms with Gasteiger partial charge in [0.15, 0.2) is 0 Å². The van der Waals surface area contributed by atoms with E-state index < -0.39 is 18.9 Å². The molecular weight excluding hydrogens is 453 g/mol. The monoisotopic (exact) mass is 485 g/mol. The molecule has 0 saturated carbocycles. The molecule has 0 heterocycles. The van der Waals surface area contributed by atoms with Crippen LogP contribution in [0.3, 0.4) is 0 Å². The van der Waals surface area contributed by atoms with Crippen molar-refractivity contribution in [1.82, 2.24) is 4.31 Å². The largest absolute Gasteiger partial charge is 0.242 e. The van der Waals surface area contributed by atoms with Gasteiger partial charge in [-0.3, -0.25) is 0 Å². The van der Waals surface area contributed by atoms with Crippen molar-refractivity contribution in [2.24, 2.45) is 0 Å². The lowest BCUT2D eigenvalue weighted by atomic mass is 9.99. The van der Waals surface area contributed by atoms with Crippen LogP contribution in [-0.4, -0.2) is 20.3 Å². The Labute approximate surface area is 208 Å². The van der Waals surface area contributed by atoms with Gasteiger partial charge in [-0.25, -0.2) is 8.51 Å². The van der Waals surface area contributed by atoms with E-state index in [0.717, 1.165) is 5.56 Å². The Morgan fingerprint density at radius 2 is 1.12 bits per heavy atom. The predicted octanol–water partition coefficient (Wildman–Crippen LogP) is 5.93. The third kappa shape index (κ3) is 5.39. The highest BCUT2D eigenvalue weighted by atomic mass is 32.2. The minimum absolute atomic E-state index is 0.130. The van der Waals surface area contributed by atoms with Crippen LogP contribution in [0.5, 0.6) is 0 Å². The second-order valence-corrected chi connectivity index (χ2v) is 13.8. The smallest absolute Gasteiger partial charge is 0.100 e. The van der Waals surface area contributed by atoms with Crippen molar-refractivity contribution < 1.29 is 4.21 Å². The van der Waals surface area contributed by atoms with E-state index in [1.807, 2.05) is 38.2 Å². The Balaban J connectivity index is 1.94. The van der Waals surface area contributed by atoms with Crippen molar-refractivity contribution in [1.29, 1.82) is 0 Å². The Morgan fingerprint density at radius 1 is 0.676 bits per heavy atom. The van der Waals surface area contributed by atoms with Gasteiger partial charge < -0.3 is 0 Å². The third-order valence-electron chi connectivity index (χ3n) is 5.77. The highest BCUT2D eigenvalue weighted by molar-refractivity contribution is 7.84. The maximum Gasteiger partial charge on any atom is 0.100 e. The maximum absolute atomic E-state index is 13.6. The predicted molar refractivity (Wildman–Crippen MR) is 149 cm³/mol. The summed E-state index contributed by atoms with van der Waals surface area (Å²) in [5.41, 5.74) is 2.35. The minimum Gasteiger partial charge on any atom is -0.242 e. The van der Waals surface area contributed by atoms with Gasteiger partial charge in [-0.2, -0.15) is 0 Å². The van der Waals surface area contributed by atoms with Crippen molar-refractivity contribution >= 4 is 34.8 Å². The van der Waals surface area contributed by atoms with E-state index in [9.17, 15) is 4.21 Å². The van der Waals surface area contributed by atoms with Crippen LogP contribution in [0, 0.1) is 0 Å². The van der Waals surface area contributed by atoms with Gasteiger partial charge in [0.05, 0.1) is 10.8 Å². The summed E-state index contributed by atoms with van der Waals surface area (Å²) in [6, 6.07) is 40.5. The Bertz CT molecular complexity index is 1180. The Kier molecular flexibility index (Phi) is 7.78. The lowest BCUT2D eigenvalue weighted by Crippen LogP contribution is -2.39. The Morgan fingerprint density at radius 3 is 1.62 bits per heavy atom. The fourth-order valence-electron chi connectivity index (χ4n) is 4.25. The molecule has 34 heavy (non-hydrogen) atoms. The highest BCUT2D eigenvalue weighted by Gasteiger charge is 2.33. The molecule has 4 aromatic carbocycles. The topological polar surface area (TPSA) is 20.3 Å². The summed E-state index contributed by atoms with van der Waals surface area (Å²) in [5, 5.41) is 3.91. The van der Waals surface area contributed by atoms with Gasteiger partial charge in [0.1, 0.15) is 11.0 Å². The summed E-state index contributed by atoms with van der Waals surface area (Å²) in [4.78, 5) is 0. The van der Waals surface area contributed by atoms with Crippen LogP contribution in [0.15, 0.2) is 115 Å². The normalized spacial score (nSPS) is 13.7. The van der Waals surface area contributed by atoms with Crippen LogP contribution in [0.1, 0.15) is 37.9 Å². The second kappa shape index (κ2) is 10.8. The van der Waals surface area contributed by atoms with Crippen LogP contribution in [0.4, 0.5) is 0 Å². The number of rotatable bonds is 7. The van der Waals surface area contributed by atoms with E-state index in [2.05, 4.69) is 109 Å². The molecule has 174 valence electrons. The van der Waals surface area contributed by atoms with E-state index in [4.69, 9.17) is 0 Å². The quantitative estimate of drug-likeness (QED) is 0.297. The van der Waals surface area contributed by atoms with Gasteiger partial charge in [-0.1, -0.05) is 115 Å². The fourth-order valence-corrected chi connectivity index (χ4v) is 8.03. The van der Waals surface area contributed by atoms with Crippen LogP contribution >= 0.6 is 7.92 Å². The SMILES string of the molecule is CN([C@H](c1ccccc1)c1ccccc1P(c1ccccc1)c1ccccc1)S(=O)C(C)(C)C. The van der Waals surface area contributed by atoms with E-state index in [0.29, 0.717) is 0 Å². The molecule has 0 N–H and O–H groups in total. The Hall–Kier alpha value is -2.58. The van der Waals surface area contributed by atoms with E-state index in [1.165, 1.54) is 21.5 Å². The first kappa shape index (κ1) is 24.5. The molecule has 2 atom stereocenters. The zero-order valence-corrected chi connectivity index (χ0v) is 22.0. The van der Waals surface area contributed by atoms with Crippen molar-refractivity contribution in [3.8, 4) is 0 Å². The maximum atomic E-state index is 13.6. The molecule has 0 fully saturated rings. The molecule has 4 rings (SSSR count). The van der Waals surface area contributed by atoms with Gasteiger partial charge in [0, 0.05) is 7.05 Å². The highest BCUT2D eigenvalue weighted by Crippen LogP contribution is 2.39. The molecule has 0 spiro atoms. The first-order valence-electron chi connectivity index (χ1n) is 11.6. The first-order valence-corrected chi connectivity index (χ1v) is 14.0. The van der Waals surface area contributed by atoms with Crippen LogP contribution in [-0.2, 0) is 11.0 Å². The molecule has 4 heteroatoms. The third-order valence-corrected chi connectivity index (χ3v) is 10.1. The molecular formula is C30H32NOPS. The first-order chi connectivity index (χ1) is 16.4. The number of hydrogen-bond donors (Lipinski definition) is 0. The minimum atomic E-state index is -1.18. The standard InChI is InChI=1S/C30H32NOPS/c1-30(2,3)34(32)31(4)29(24-16-8-5-9-17-24)27-22-14-15-23-28(27)33(25-18-10-6-11-19-25)26-20-12-7-13-21-26/h5-23,29H,1-4H3/t29-,34?/m1/s1. The van der Waals surface area contributed by atoms with Gasteiger partial charge >= 0.3 is 0 Å². The van der Waals surface area contributed by atoms with E-state index in [-0.39, 0.29) is 10.8 Å². The van der Waals surface area contributed by atoms with Gasteiger partial charge in [-0.05, 0) is 55.7 Å². The van der Waals surface area contributed by atoms with Crippen LogP contribution in [0.2, 0.25) is 0 Å². The summed E-state index contributed by atoms with van der Waals surface area (Å²) in [5.74, 6) is 0. The van der Waals surface area contributed by atoms with Crippen molar-refractivity contribution in [2.75, 3.05) is 7.05 Å². The molecule has 0 aromatic heterocycles. The van der Waals surface area contributed by atoms with Gasteiger partial charge in [-0.15, -0.1) is 0 Å². The summed E-state index contributed by atoms with van der Waals surface area (Å²) in [7, 11) is 0.0188. The molecule has 0 saturated heterocycles. The van der Waals surface area contributed by atoms with E-state index >= 15 is 0 Å². The van der Waals surface area contributed by atoms with Crippen molar-refractivity contribution in [3.05, 3.63) is 126 Å². The molecule has 0 aliphatic carbocycles.